The van der Waals surface area contributed by atoms with Gasteiger partial charge in [-0.3, -0.25) is 4.79 Å². The van der Waals surface area contributed by atoms with Crippen LogP contribution in [0.2, 0.25) is 0 Å². The summed E-state index contributed by atoms with van der Waals surface area (Å²) in [4.78, 5) is 12.4. The third-order valence-electron chi connectivity index (χ3n) is 2.86. The highest BCUT2D eigenvalue weighted by Crippen LogP contribution is 2.26. The Morgan fingerprint density at radius 2 is 2.41 bits per heavy atom. The van der Waals surface area contributed by atoms with E-state index in [4.69, 9.17) is 10.5 Å². The fraction of sp³-hybridized carbons (Fsp3) is 0.462. The van der Waals surface area contributed by atoms with Gasteiger partial charge in [0.25, 0.3) is 0 Å². The molecule has 1 aliphatic rings. The second-order valence-corrected chi connectivity index (χ2v) is 5.34. The van der Waals surface area contributed by atoms with E-state index in [0.717, 1.165) is 30.1 Å². The highest BCUT2D eigenvalue weighted by molar-refractivity contribution is 7.99. The minimum atomic E-state index is 0.0158. The molecule has 1 unspecified atom stereocenters. The molecule has 0 aromatic heterocycles. The van der Waals surface area contributed by atoms with Gasteiger partial charge in [-0.15, -0.1) is 11.8 Å². The monoisotopic (exact) mass is 251 g/mol. The summed E-state index contributed by atoms with van der Waals surface area (Å²) in [6.45, 7) is 2.42. The van der Waals surface area contributed by atoms with Crippen LogP contribution in [0.15, 0.2) is 23.1 Å². The standard InChI is InChI=1S/C13H17NO2S/c1-9(15)12-7-11(4-5-13(12)14)17-8-10-3-2-6-16-10/h4-5,7,10H,2-3,6,8,14H2,1H3. The van der Waals surface area contributed by atoms with Crippen LogP contribution in [-0.2, 0) is 4.74 Å². The van der Waals surface area contributed by atoms with Gasteiger partial charge in [-0.25, -0.2) is 0 Å². The average molecular weight is 251 g/mol. The Morgan fingerprint density at radius 3 is 3.06 bits per heavy atom. The first-order valence-corrected chi connectivity index (χ1v) is 6.80. The highest BCUT2D eigenvalue weighted by Gasteiger charge is 2.16. The smallest absolute Gasteiger partial charge is 0.161 e. The zero-order chi connectivity index (χ0) is 12.3. The number of carbonyl (C=O) groups excluding carboxylic acids is 1. The molecule has 0 radical (unpaired) electrons. The summed E-state index contributed by atoms with van der Waals surface area (Å²) in [6.07, 6.45) is 2.66. The number of benzene rings is 1. The Hall–Kier alpha value is -1.00. The third-order valence-corrected chi connectivity index (χ3v) is 3.99. The van der Waals surface area contributed by atoms with Crippen molar-refractivity contribution in [3.05, 3.63) is 23.8 Å². The summed E-state index contributed by atoms with van der Waals surface area (Å²) >= 11 is 1.73. The van der Waals surface area contributed by atoms with Crippen molar-refractivity contribution >= 4 is 23.2 Å². The van der Waals surface area contributed by atoms with Gasteiger partial charge in [0.15, 0.2) is 5.78 Å². The second-order valence-electron chi connectivity index (χ2n) is 4.25. The van der Waals surface area contributed by atoms with Gasteiger partial charge in [-0.2, -0.15) is 0 Å². The Bertz CT molecular complexity index is 414. The van der Waals surface area contributed by atoms with Gasteiger partial charge >= 0.3 is 0 Å². The van der Waals surface area contributed by atoms with Crippen molar-refractivity contribution in [1.29, 1.82) is 0 Å². The molecule has 0 bridgehead atoms. The Balaban J connectivity index is 2.00. The van der Waals surface area contributed by atoms with Crippen LogP contribution in [0.25, 0.3) is 0 Å². The number of carbonyl (C=O) groups is 1. The summed E-state index contributed by atoms with van der Waals surface area (Å²) in [5.74, 6) is 0.961. The Morgan fingerprint density at radius 1 is 1.59 bits per heavy atom. The Labute approximate surface area is 106 Å². The molecule has 92 valence electrons. The van der Waals surface area contributed by atoms with Crippen LogP contribution in [-0.4, -0.2) is 24.2 Å². The molecule has 1 aromatic rings. The number of hydrogen-bond donors (Lipinski definition) is 1. The molecule has 1 heterocycles. The van der Waals surface area contributed by atoms with Crippen LogP contribution in [0.1, 0.15) is 30.1 Å². The summed E-state index contributed by atoms with van der Waals surface area (Å²) in [5, 5.41) is 0. The van der Waals surface area contributed by atoms with Gasteiger partial charge < -0.3 is 10.5 Å². The van der Waals surface area contributed by atoms with Crippen molar-refractivity contribution in [2.75, 3.05) is 18.1 Å². The van der Waals surface area contributed by atoms with E-state index in [1.807, 2.05) is 12.1 Å². The lowest BCUT2D eigenvalue weighted by molar-refractivity contribution is 0.101. The number of ether oxygens (including phenoxy) is 1. The molecule has 2 rings (SSSR count). The van der Waals surface area contributed by atoms with E-state index < -0.39 is 0 Å². The van der Waals surface area contributed by atoms with Gasteiger partial charge in [-0.05, 0) is 38.0 Å². The van der Waals surface area contributed by atoms with Gasteiger partial charge in [0.1, 0.15) is 0 Å². The molecule has 17 heavy (non-hydrogen) atoms. The molecule has 1 aromatic carbocycles. The number of thioether (sulfide) groups is 1. The number of hydrogen-bond acceptors (Lipinski definition) is 4. The summed E-state index contributed by atoms with van der Waals surface area (Å²) in [6, 6.07) is 5.63. The van der Waals surface area contributed by atoms with Crippen molar-refractivity contribution in [2.45, 2.75) is 30.8 Å². The molecule has 1 aliphatic heterocycles. The quantitative estimate of drug-likeness (QED) is 0.508. The first-order chi connectivity index (χ1) is 8.16. The van der Waals surface area contributed by atoms with Crippen molar-refractivity contribution < 1.29 is 9.53 Å². The number of anilines is 1. The van der Waals surface area contributed by atoms with Crippen molar-refractivity contribution in [2.24, 2.45) is 0 Å². The fourth-order valence-corrected chi connectivity index (χ4v) is 2.90. The van der Waals surface area contributed by atoms with E-state index in [1.165, 1.54) is 0 Å². The minimum absolute atomic E-state index is 0.0158. The maximum Gasteiger partial charge on any atom is 0.161 e. The molecular formula is C13H17NO2S. The molecule has 0 aliphatic carbocycles. The lowest BCUT2D eigenvalue weighted by Crippen LogP contribution is -2.07. The van der Waals surface area contributed by atoms with Crippen molar-refractivity contribution in [3.8, 4) is 0 Å². The van der Waals surface area contributed by atoms with Gasteiger partial charge in [0.05, 0.1) is 6.10 Å². The molecule has 1 fully saturated rings. The van der Waals surface area contributed by atoms with Gasteiger partial charge in [0.2, 0.25) is 0 Å². The van der Waals surface area contributed by atoms with E-state index in [9.17, 15) is 4.79 Å². The van der Waals surface area contributed by atoms with Crippen LogP contribution in [0.4, 0.5) is 5.69 Å². The number of Topliss-reactive ketones (excluding diaryl/α,β-unsaturated/α-hetero) is 1. The molecule has 4 heteroatoms. The summed E-state index contributed by atoms with van der Waals surface area (Å²) < 4.78 is 5.56. The van der Waals surface area contributed by atoms with Crippen LogP contribution < -0.4 is 5.73 Å². The normalized spacial score (nSPS) is 19.5. The molecule has 0 amide bonds. The van der Waals surface area contributed by atoms with E-state index in [0.29, 0.717) is 17.4 Å². The largest absolute Gasteiger partial charge is 0.398 e. The number of rotatable bonds is 4. The predicted molar refractivity (Wildman–Crippen MR) is 70.6 cm³/mol. The second kappa shape index (κ2) is 5.56. The van der Waals surface area contributed by atoms with E-state index in [2.05, 4.69) is 0 Å². The molecule has 2 N–H and O–H groups in total. The predicted octanol–water partition coefficient (Wildman–Crippen LogP) is 2.74. The van der Waals surface area contributed by atoms with Crippen LogP contribution in [0, 0.1) is 0 Å². The summed E-state index contributed by atoms with van der Waals surface area (Å²) in [7, 11) is 0. The van der Waals surface area contributed by atoms with Crippen LogP contribution >= 0.6 is 11.8 Å². The lowest BCUT2D eigenvalue weighted by atomic mass is 10.1. The minimum Gasteiger partial charge on any atom is -0.398 e. The van der Waals surface area contributed by atoms with Crippen molar-refractivity contribution in [3.63, 3.8) is 0 Å². The first-order valence-electron chi connectivity index (χ1n) is 5.81. The third kappa shape index (κ3) is 3.23. The Kier molecular flexibility index (Phi) is 4.07. The molecular weight excluding hydrogens is 234 g/mol. The van der Waals surface area contributed by atoms with Crippen LogP contribution in [0.5, 0.6) is 0 Å². The maximum absolute atomic E-state index is 11.4. The molecule has 1 atom stereocenters. The SMILES string of the molecule is CC(=O)c1cc(SCC2CCCO2)ccc1N. The molecule has 3 nitrogen and oxygen atoms in total. The van der Waals surface area contributed by atoms with Gasteiger partial charge in [-0.1, -0.05) is 0 Å². The maximum atomic E-state index is 11.4. The zero-order valence-electron chi connectivity index (χ0n) is 9.94. The summed E-state index contributed by atoms with van der Waals surface area (Å²) in [5.41, 5.74) is 6.92. The molecule has 0 saturated carbocycles. The van der Waals surface area contributed by atoms with Gasteiger partial charge in [0, 0.05) is 28.5 Å². The number of nitrogen functional groups attached to an aromatic ring is 1. The number of nitrogens with two attached hydrogens (primary N) is 1. The molecule has 0 spiro atoms. The topological polar surface area (TPSA) is 52.3 Å². The average Bonchev–Trinajstić information content (AvgIpc) is 2.80. The first kappa shape index (κ1) is 12.5. The van der Waals surface area contributed by atoms with E-state index in [1.54, 1.807) is 24.8 Å². The zero-order valence-corrected chi connectivity index (χ0v) is 10.8. The molecule has 1 saturated heterocycles. The van der Waals surface area contributed by atoms with Crippen molar-refractivity contribution in [1.82, 2.24) is 0 Å². The number of ketones is 1. The van der Waals surface area contributed by atoms with Crippen LogP contribution in [0.3, 0.4) is 0 Å². The van der Waals surface area contributed by atoms with E-state index >= 15 is 0 Å². The highest BCUT2D eigenvalue weighted by atomic mass is 32.2. The fourth-order valence-electron chi connectivity index (χ4n) is 1.90. The lowest BCUT2D eigenvalue weighted by Gasteiger charge is -2.10. The van der Waals surface area contributed by atoms with E-state index in [-0.39, 0.29) is 5.78 Å².